The molecule has 0 spiro atoms. The largest absolute Gasteiger partial charge is 0.336 e. The van der Waals surface area contributed by atoms with Gasteiger partial charge in [-0.2, -0.15) is 0 Å². The summed E-state index contributed by atoms with van der Waals surface area (Å²) in [6.45, 7) is 5.44. The van der Waals surface area contributed by atoms with Crippen LogP contribution in [0.25, 0.3) is 0 Å². The van der Waals surface area contributed by atoms with Gasteiger partial charge >= 0.3 is 6.03 Å². The third-order valence-corrected chi connectivity index (χ3v) is 3.58. The van der Waals surface area contributed by atoms with Gasteiger partial charge in [0.05, 0.1) is 6.54 Å². The van der Waals surface area contributed by atoms with Crippen LogP contribution in [0.1, 0.15) is 51.2 Å². The van der Waals surface area contributed by atoms with Crippen molar-refractivity contribution in [1.82, 2.24) is 25.4 Å². The zero-order chi connectivity index (χ0) is 13.7. The minimum absolute atomic E-state index is 0.139. The Balaban J connectivity index is 1.89. The fourth-order valence-corrected chi connectivity index (χ4v) is 2.21. The molecule has 0 unspecified atom stereocenters. The van der Waals surface area contributed by atoms with Gasteiger partial charge in [0.1, 0.15) is 5.82 Å². The lowest BCUT2D eigenvalue weighted by Crippen LogP contribution is -2.40. The molecular formula is C13H23N5O. The predicted molar refractivity (Wildman–Crippen MR) is 72.7 cm³/mol. The van der Waals surface area contributed by atoms with Crippen molar-refractivity contribution in [2.75, 3.05) is 0 Å². The molecule has 1 aromatic heterocycles. The molecule has 6 nitrogen and oxygen atoms in total. The van der Waals surface area contributed by atoms with E-state index in [9.17, 15) is 4.79 Å². The molecule has 2 heterocycles. The molecule has 0 radical (unpaired) electrons. The van der Waals surface area contributed by atoms with Gasteiger partial charge in [0.15, 0.2) is 5.82 Å². The Labute approximate surface area is 114 Å². The van der Waals surface area contributed by atoms with E-state index in [0.29, 0.717) is 6.54 Å². The molecule has 2 rings (SSSR count). The first-order valence-corrected chi connectivity index (χ1v) is 7.16. The van der Waals surface area contributed by atoms with E-state index in [1.165, 1.54) is 12.8 Å². The van der Waals surface area contributed by atoms with Gasteiger partial charge in [0.2, 0.25) is 0 Å². The van der Waals surface area contributed by atoms with Gasteiger partial charge in [0.25, 0.3) is 0 Å². The smallest absolute Gasteiger partial charge is 0.315 e. The highest BCUT2D eigenvalue weighted by Crippen LogP contribution is 2.14. The maximum absolute atomic E-state index is 11.7. The number of hydrogen-bond acceptors (Lipinski definition) is 3. The summed E-state index contributed by atoms with van der Waals surface area (Å²) in [5.41, 5.74) is 0. The van der Waals surface area contributed by atoms with Crippen molar-refractivity contribution >= 4 is 6.03 Å². The number of carbonyl (C=O) groups is 1. The normalized spacial score (nSPS) is 16.3. The summed E-state index contributed by atoms with van der Waals surface area (Å²) < 4.78 is 2.15. The van der Waals surface area contributed by atoms with E-state index >= 15 is 0 Å². The molecule has 0 saturated heterocycles. The molecule has 2 amide bonds. The van der Waals surface area contributed by atoms with E-state index in [1.54, 1.807) is 0 Å². The summed E-state index contributed by atoms with van der Waals surface area (Å²) in [6.07, 6.45) is 5.50. The van der Waals surface area contributed by atoms with Crippen molar-refractivity contribution in [2.24, 2.45) is 0 Å². The fraction of sp³-hybridized carbons (Fsp3) is 0.769. The highest BCUT2D eigenvalue weighted by Gasteiger charge is 2.15. The number of aryl methyl sites for hydroxylation is 1. The first-order chi connectivity index (χ1) is 9.20. The lowest BCUT2D eigenvalue weighted by atomic mass is 10.2. The Morgan fingerprint density at radius 2 is 2.21 bits per heavy atom. The number of amides is 2. The number of fused-ring (bicyclic) bond motifs is 1. The van der Waals surface area contributed by atoms with E-state index in [1.807, 2.05) is 13.8 Å². The van der Waals surface area contributed by atoms with E-state index < -0.39 is 0 Å². The summed E-state index contributed by atoms with van der Waals surface area (Å²) in [7, 11) is 0. The topological polar surface area (TPSA) is 71.8 Å². The number of hydrogen-bond donors (Lipinski definition) is 2. The molecular weight excluding hydrogens is 242 g/mol. The summed E-state index contributed by atoms with van der Waals surface area (Å²) in [6, 6.07) is 0.0517. The molecule has 1 aliphatic rings. The number of aromatic nitrogens is 3. The molecule has 2 N–H and O–H groups in total. The molecule has 0 aromatic carbocycles. The summed E-state index contributed by atoms with van der Waals surface area (Å²) in [4.78, 5) is 11.7. The van der Waals surface area contributed by atoms with Crippen LogP contribution in [0.5, 0.6) is 0 Å². The SMILES string of the molecule is CC[C@H](C)NC(=O)NCc1nnc2n1CCCCC2. The van der Waals surface area contributed by atoms with Crippen molar-refractivity contribution in [3.63, 3.8) is 0 Å². The van der Waals surface area contributed by atoms with Gasteiger partial charge in [-0.3, -0.25) is 0 Å². The van der Waals surface area contributed by atoms with E-state index in [0.717, 1.165) is 37.5 Å². The van der Waals surface area contributed by atoms with Crippen molar-refractivity contribution < 1.29 is 4.79 Å². The van der Waals surface area contributed by atoms with Gasteiger partial charge in [0, 0.05) is 19.0 Å². The van der Waals surface area contributed by atoms with Crippen LogP contribution in [0.3, 0.4) is 0 Å². The zero-order valence-corrected chi connectivity index (χ0v) is 11.8. The molecule has 1 aromatic rings. The van der Waals surface area contributed by atoms with Crippen molar-refractivity contribution in [2.45, 2.75) is 65.1 Å². The molecule has 0 bridgehead atoms. The summed E-state index contributed by atoms with van der Waals surface area (Å²) in [5.74, 6) is 1.91. The zero-order valence-electron chi connectivity index (χ0n) is 11.8. The Morgan fingerprint density at radius 3 is 3.00 bits per heavy atom. The summed E-state index contributed by atoms with van der Waals surface area (Å²) >= 11 is 0. The van der Waals surface area contributed by atoms with E-state index in [4.69, 9.17) is 0 Å². The number of carbonyl (C=O) groups excluding carboxylic acids is 1. The van der Waals surface area contributed by atoms with Crippen LogP contribution in [0.2, 0.25) is 0 Å². The van der Waals surface area contributed by atoms with Crippen molar-refractivity contribution in [3.05, 3.63) is 11.6 Å². The Kier molecular flexibility index (Phi) is 4.76. The maximum Gasteiger partial charge on any atom is 0.315 e. The monoisotopic (exact) mass is 265 g/mol. The Bertz CT molecular complexity index is 429. The van der Waals surface area contributed by atoms with Crippen LogP contribution >= 0.6 is 0 Å². The van der Waals surface area contributed by atoms with E-state index in [2.05, 4.69) is 25.4 Å². The Hall–Kier alpha value is -1.59. The average molecular weight is 265 g/mol. The third kappa shape index (κ3) is 3.68. The van der Waals surface area contributed by atoms with Crippen LogP contribution in [0, 0.1) is 0 Å². The molecule has 19 heavy (non-hydrogen) atoms. The second-order valence-electron chi connectivity index (χ2n) is 5.13. The van der Waals surface area contributed by atoms with Gasteiger partial charge in [-0.15, -0.1) is 10.2 Å². The molecule has 1 atom stereocenters. The predicted octanol–water partition coefficient (Wildman–Crippen LogP) is 1.60. The molecule has 1 aliphatic heterocycles. The van der Waals surface area contributed by atoms with E-state index in [-0.39, 0.29) is 12.1 Å². The van der Waals surface area contributed by atoms with Crippen molar-refractivity contribution in [3.8, 4) is 0 Å². The first-order valence-electron chi connectivity index (χ1n) is 7.16. The van der Waals surface area contributed by atoms with Crippen molar-refractivity contribution in [1.29, 1.82) is 0 Å². The molecule has 6 heteroatoms. The highest BCUT2D eigenvalue weighted by molar-refractivity contribution is 5.74. The second kappa shape index (κ2) is 6.54. The molecule has 0 saturated carbocycles. The van der Waals surface area contributed by atoms with Crippen LogP contribution in [-0.4, -0.2) is 26.8 Å². The highest BCUT2D eigenvalue weighted by atomic mass is 16.2. The van der Waals surface area contributed by atoms with Gasteiger partial charge in [-0.05, 0) is 26.2 Å². The molecule has 106 valence electrons. The Morgan fingerprint density at radius 1 is 1.37 bits per heavy atom. The quantitative estimate of drug-likeness (QED) is 0.868. The minimum atomic E-state index is -0.139. The van der Waals surface area contributed by atoms with Crippen LogP contribution in [-0.2, 0) is 19.5 Å². The molecule has 0 fully saturated rings. The second-order valence-corrected chi connectivity index (χ2v) is 5.13. The van der Waals surface area contributed by atoms with Gasteiger partial charge < -0.3 is 15.2 Å². The van der Waals surface area contributed by atoms with Crippen LogP contribution in [0.4, 0.5) is 4.79 Å². The number of nitrogens with zero attached hydrogens (tertiary/aromatic N) is 3. The minimum Gasteiger partial charge on any atom is -0.336 e. The van der Waals surface area contributed by atoms with Gasteiger partial charge in [-0.1, -0.05) is 13.3 Å². The average Bonchev–Trinajstić information content (AvgIpc) is 2.63. The third-order valence-electron chi connectivity index (χ3n) is 3.58. The fourth-order valence-electron chi connectivity index (χ4n) is 2.21. The lowest BCUT2D eigenvalue weighted by Gasteiger charge is -2.12. The maximum atomic E-state index is 11.7. The molecule has 0 aliphatic carbocycles. The van der Waals surface area contributed by atoms with Crippen LogP contribution in [0.15, 0.2) is 0 Å². The lowest BCUT2D eigenvalue weighted by molar-refractivity contribution is 0.236. The summed E-state index contributed by atoms with van der Waals surface area (Å²) in [5, 5.41) is 14.1. The standard InChI is InChI=1S/C13H23N5O/c1-3-10(2)15-13(19)14-9-12-17-16-11-7-5-4-6-8-18(11)12/h10H,3-9H2,1-2H3,(H2,14,15,19)/t10-/m0/s1. The number of urea groups is 1. The van der Waals surface area contributed by atoms with Gasteiger partial charge in [-0.25, -0.2) is 4.79 Å². The first kappa shape index (κ1) is 13.8. The van der Waals surface area contributed by atoms with Crippen LogP contribution < -0.4 is 10.6 Å². The number of nitrogens with one attached hydrogen (secondary N) is 2. The number of rotatable bonds is 4.